The predicted molar refractivity (Wildman–Crippen MR) is 104 cm³/mol. The zero-order chi connectivity index (χ0) is 18.2. The van der Waals surface area contributed by atoms with Crippen molar-refractivity contribution in [1.29, 1.82) is 0 Å². The van der Waals surface area contributed by atoms with Crippen molar-refractivity contribution in [2.24, 2.45) is 0 Å². The van der Waals surface area contributed by atoms with Crippen LogP contribution >= 0.6 is 0 Å². The Balaban J connectivity index is 1.47. The van der Waals surface area contributed by atoms with Crippen molar-refractivity contribution in [3.05, 3.63) is 83.8 Å². The van der Waals surface area contributed by atoms with E-state index in [-0.39, 0.29) is 5.91 Å². The van der Waals surface area contributed by atoms with Crippen LogP contribution in [0.3, 0.4) is 0 Å². The molecule has 132 valence electrons. The Labute approximate surface area is 153 Å². The molecule has 0 saturated heterocycles. The Morgan fingerprint density at radius 2 is 1.85 bits per heavy atom. The van der Waals surface area contributed by atoms with E-state index in [0.29, 0.717) is 11.5 Å². The van der Waals surface area contributed by atoms with Crippen LogP contribution in [-0.4, -0.2) is 22.4 Å². The summed E-state index contributed by atoms with van der Waals surface area (Å²) in [6, 6.07) is 18.0. The van der Waals surface area contributed by atoms with E-state index in [1.807, 2.05) is 37.3 Å². The molecular weight excluding hydrogens is 324 g/mol. The third-order valence-electron chi connectivity index (χ3n) is 3.95. The van der Waals surface area contributed by atoms with Crippen LogP contribution in [0.5, 0.6) is 0 Å². The second kappa shape index (κ2) is 8.76. The Kier molecular flexibility index (Phi) is 5.93. The van der Waals surface area contributed by atoms with E-state index in [1.165, 1.54) is 11.8 Å². The van der Waals surface area contributed by atoms with Crippen molar-refractivity contribution in [1.82, 2.24) is 9.97 Å². The monoisotopic (exact) mass is 346 g/mol. The highest BCUT2D eigenvalue weighted by Crippen LogP contribution is 2.11. The molecule has 2 N–H and O–H groups in total. The van der Waals surface area contributed by atoms with Crippen molar-refractivity contribution >= 4 is 17.4 Å². The number of carbonyl (C=O) groups excluding carboxylic acids is 1. The molecule has 1 heterocycles. The fourth-order valence-electron chi connectivity index (χ4n) is 2.61. The third kappa shape index (κ3) is 5.14. The molecule has 0 radical (unpaired) electrons. The van der Waals surface area contributed by atoms with E-state index in [9.17, 15) is 4.79 Å². The van der Waals surface area contributed by atoms with Crippen molar-refractivity contribution < 1.29 is 4.79 Å². The minimum atomic E-state index is -0.265. The largest absolute Gasteiger partial charge is 0.369 e. The summed E-state index contributed by atoms with van der Waals surface area (Å²) in [7, 11) is 0. The smallest absolute Gasteiger partial charge is 0.275 e. The lowest BCUT2D eigenvalue weighted by Crippen LogP contribution is -2.14. The van der Waals surface area contributed by atoms with Gasteiger partial charge in [0.05, 0.1) is 12.4 Å². The van der Waals surface area contributed by atoms with Gasteiger partial charge < -0.3 is 10.6 Å². The summed E-state index contributed by atoms with van der Waals surface area (Å²) < 4.78 is 0. The standard InChI is InChI=1S/C21H22N4O/c1-16-7-5-11-18(13-16)25-21(26)19-14-24-20(15-23-19)22-12-6-10-17-8-3-2-4-9-17/h2-5,7-9,11,13-15H,6,10,12H2,1H3,(H,22,24)(H,25,26). The molecule has 0 aliphatic rings. The van der Waals surface area contributed by atoms with Crippen LogP contribution in [0.1, 0.15) is 28.0 Å². The van der Waals surface area contributed by atoms with Gasteiger partial charge in [-0.1, -0.05) is 42.5 Å². The lowest BCUT2D eigenvalue weighted by Gasteiger charge is -2.07. The van der Waals surface area contributed by atoms with E-state index in [4.69, 9.17) is 0 Å². The molecule has 2 aromatic carbocycles. The van der Waals surface area contributed by atoms with Gasteiger partial charge in [-0.3, -0.25) is 4.79 Å². The lowest BCUT2D eigenvalue weighted by molar-refractivity contribution is 0.102. The first-order chi connectivity index (χ1) is 12.7. The fraction of sp³-hybridized carbons (Fsp3) is 0.190. The summed E-state index contributed by atoms with van der Waals surface area (Å²) in [6.07, 6.45) is 5.10. The number of carbonyl (C=O) groups is 1. The second-order valence-corrected chi connectivity index (χ2v) is 6.13. The Hall–Kier alpha value is -3.21. The predicted octanol–water partition coefficient (Wildman–Crippen LogP) is 4.08. The van der Waals surface area contributed by atoms with Gasteiger partial charge in [0.25, 0.3) is 5.91 Å². The normalized spacial score (nSPS) is 10.3. The molecule has 0 saturated carbocycles. The van der Waals surface area contributed by atoms with Crippen LogP contribution in [0, 0.1) is 6.92 Å². The third-order valence-corrected chi connectivity index (χ3v) is 3.95. The number of hydrogen-bond donors (Lipinski definition) is 2. The van der Waals surface area contributed by atoms with Crippen molar-refractivity contribution in [3.8, 4) is 0 Å². The summed E-state index contributed by atoms with van der Waals surface area (Å²) in [4.78, 5) is 20.7. The summed E-state index contributed by atoms with van der Waals surface area (Å²) in [5.41, 5.74) is 3.45. The van der Waals surface area contributed by atoms with Crippen LogP contribution < -0.4 is 10.6 Å². The number of anilines is 2. The Bertz CT molecular complexity index is 847. The van der Waals surface area contributed by atoms with Gasteiger partial charge in [0.1, 0.15) is 11.5 Å². The second-order valence-electron chi connectivity index (χ2n) is 6.13. The molecule has 3 rings (SSSR count). The molecule has 0 unspecified atom stereocenters. The van der Waals surface area contributed by atoms with Gasteiger partial charge in [0.15, 0.2) is 0 Å². The molecule has 0 atom stereocenters. The number of nitrogens with one attached hydrogen (secondary N) is 2. The van der Waals surface area contributed by atoms with Gasteiger partial charge in [-0.2, -0.15) is 0 Å². The minimum Gasteiger partial charge on any atom is -0.369 e. The molecule has 0 aliphatic carbocycles. The highest BCUT2D eigenvalue weighted by Gasteiger charge is 2.08. The van der Waals surface area contributed by atoms with Crippen molar-refractivity contribution in [3.63, 3.8) is 0 Å². The maximum Gasteiger partial charge on any atom is 0.275 e. The molecule has 1 amide bonds. The number of benzene rings is 2. The molecule has 0 bridgehead atoms. The van der Waals surface area contributed by atoms with Crippen molar-refractivity contribution in [2.75, 3.05) is 17.2 Å². The van der Waals surface area contributed by atoms with Crippen LogP contribution in [0.15, 0.2) is 67.0 Å². The molecule has 0 aliphatic heterocycles. The SMILES string of the molecule is Cc1cccc(NC(=O)c2cnc(NCCCc3ccccc3)cn2)c1. The average molecular weight is 346 g/mol. The molecule has 0 spiro atoms. The number of nitrogens with zero attached hydrogens (tertiary/aromatic N) is 2. The van der Waals surface area contributed by atoms with Gasteiger partial charge in [-0.25, -0.2) is 9.97 Å². The number of aromatic nitrogens is 2. The zero-order valence-electron chi connectivity index (χ0n) is 14.8. The van der Waals surface area contributed by atoms with Gasteiger partial charge in [-0.15, -0.1) is 0 Å². The first kappa shape index (κ1) is 17.6. The zero-order valence-corrected chi connectivity index (χ0v) is 14.8. The maximum atomic E-state index is 12.2. The highest BCUT2D eigenvalue weighted by atomic mass is 16.1. The summed E-state index contributed by atoms with van der Waals surface area (Å²) >= 11 is 0. The fourth-order valence-corrected chi connectivity index (χ4v) is 2.61. The molecule has 26 heavy (non-hydrogen) atoms. The first-order valence-corrected chi connectivity index (χ1v) is 8.68. The molecular formula is C21H22N4O. The van der Waals surface area contributed by atoms with Crippen LogP contribution in [0.2, 0.25) is 0 Å². The minimum absolute atomic E-state index is 0.265. The van der Waals surface area contributed by atoms with Crippen LogP contribution in [0.25, 0.3) is 0 Å². The van der Waals surface area contributed by atoms with Gasteiger partial charge in [0, 0.05) is 12.2 Å². The summed E-state index contributed by atoms with van der Waals surface area (Å²) in [5, 5.41) is 6.06. The van der Waals surface area contributed by atoms with Crippen molar-refractivity contribution in [2.45, 2.75) is 19.8 Å². The Morgan fingerprint density at radius 3 is 2.58 bits per heavy atom. The summed E-state index contributed by atoms with van der Waals surface area (Å²) in [6.45, 7) is 2.78. The van der Waals surface area contributed by atoms with E-state index < -0.39 is 0 Å². The van der Waals surface area contributed by atoms with Gasteiger partial charge in [0.2, 0.25) is 0 Å². The molecule has 5 heteroatoms. The molecule has 0 fully saturated rings. The van der Waals surface area contributed by atoms with Crippen LogP contribution in [0.4, 0.5) is 11.5 Å². The average Bonchev–Trinajstić information content (AvgIpc) is 2.66. The van der Waals surface area contributed by atoms with E-state index in [2.05, 4.69) is 44.9 Å². The molecule has 3 aromatic rings. The van der Waals surface area contributed by atoms with E-state index in [0.717, 1.165) is 30.6 Å². The quantitative estimate of drug-likeness (QED) is 0.633. The summed E-state index contributed by atoms with van der Waals surface area (Å²) in [5.74, 6) is 0.406. The van der Waals surface area contributed by atoms with Gasteiger partial charge >= 0.3 is 0 Å². The molecule has 1 aromatic heterocycles. The van der Waals surface area contributed by atoms with E-state index >= 15 is 0 Å². The lowest BCUT2D eigenvalue weighted by atomic mass is 10.1. The van der Waals surface area contributed by atoms with E-state index in [1.54, 1.807) is 6.20 Å². The molecule has 5 nitrogen and oxygen atoms in total. The number of hydrogen-bond acceptors (Lipinski definition) is 4. The van der Waals surface area contributed by atoms with Crippen LogP contribution in [-0.2, 0) is 6.42 Å². The maximum absolute atomic E-state index is 12.2. The highest BCUT2D eigenvalue weighted by molar-refractivity contribution is 6.02. The number of aryl methyl sites for hydroxylation is 2. The number of amides is 1. The Morgan fingerprint density at radius 1 is 1.00 bits per heavy atom. The number of rotatable bonds is 7. The first-order valence-electron chi connectivity index (χ1n) is 8.68. The van der Waals surface area contributed by atoms with Gasteiger partial charge in [-0.05, 0) is 43.0 Å². The topological polar surface area (TPSA) is 66.9 Å².